The van der Waals surface area contributed by atoms with Gasteiger partial charge in [0.25, 0.3) is 5.69 Å². The highest BCUT2D eigenvalue weighted by atomic mass is 19.4. The molecule has 0 bridgehead atoms. The molecule has 122 valence electrons. The molecule has 0 amide bonds. The molecule has 1 aromatic rings. The summed E-state index contributed by atoms with van der Waals surface area (Å²) in [7, 11) is 0. The smallest absolute Gasteiger partial charge is 0.298 e. The van der Waals surface area contributed by atoms with Gasteiger partial charge >= 0.3 is 6.18 Å². The van der Waals surface area contributed by atoms with Crippen LogP contribution in [0.25, 0.3) is 0 Å². The first-order valence-electron chi connectivity index (χ1n) is 6.59. The Morgan fingerprint density at radius 1 is 1.17 bits per heavy atom. The van der Waals surface area contributed by atoms with Crippen molar-refractivity contribution in [1.82, 2.24) is 0 Å². The standard InChI is InChI=1S/C14H10F3NO5/c15-14(16,17)8-4-1-3-7(12(8)18(22)23)13(21)11-9(19)5-2-6-10(11)20/h1,3-4,11H,2,5-6H2. The van der Waals surface area contributed by atoms with Crippen LogP contribution in [0.5, 0.6) is 0 Å². The van der Waals surface area contributed by atoms with E-state index in [0.29, 0.717) is 6.07 Å². The summed E-state index contributed by atoms with van der Waals surface area (Å²) in [6.45, 7) is 0. The number of hydrogen-bond donors (Lipinski definition) is 0. The maximum absolute atomic E-state index is 12.9. The van der Waals surface area contributed by atoms with Crippen LogP contribution in [0, 0.1) is 16.0 Å². The van der Waals surface area contributed by atoms with Crippen LogP contribution in [0.1, 0.15) is 35.2 Å². The monoisotopic (exact) mass is 329 g/mol. The number of nitrogens with zero attached hydrogens (tertiary/aromatic N) is 1. The van der Waals surface area contributed by atoms with E-state index in [1.807, 2.05) is 0 Å². The summed E-state index contributed by atoms with van der Waals surface area (Å²) in [6.07, 6.45) is -4.91. The minimum absolute atomic E-state index is 0.0606. The van der Waals surface area contributed by atoms with Crippen molar-refractivity contribution < 1.29 is 32.5 Å². The first-order valence-corrected chi connectivity index (χ1v) is 6.59. The second-order valence-electron chi connectivity index (χ2n) is 5.04. The van der Waals surface area contributed by atoms with Gasteiger partial charge in [-0.25, -0.2) is 0 Å². The van der Waals surface area contributed by atoms with Crippen LogP contribution in [0.3, 0.4) is 0 Å². The Morgan fingerprint density at radius 3 is 2.22 bits per heavy atom. The molecule has 1 aliphatic carbocycles. The van der Waals surface area contributed by atoms with Crippen molar-refractivity contribution in [1.29, 1.82) is 0 Å². The minimum Gasteiger partial charge on any atom is -0.298 e. The quantitative estimate of drug-likeness (QED) is 0.368. The lowest BCUT2D eigenvalue weighted by Crippen LogP contribution is -2.35. The van der Waals surface area contributed by atoms with Crippen molar-refractivity contribution in [3.8, 4) is 0 Å². The van der Waals surface area contributed by atoms with Crippen LogP contribution in [0.15, 0.2) is 18.2 Å². The van der Waals surface area contributed by atoms with Crippen LogP contribution in [0.2, 0.25) is 0 Å². The fourth-order valence-electron chi connectivity index (χ4n) is 2.52. The number of benzene rings is 1. The van der Waals surface area contributed by atoms with E-state index < -0.39 is 51.2 Å². The molecule has 0 unspecified atom stereocenters. The van der Waals surface area contributed by atoms with Crippen LogP contribution >= 0.6 is 0 Å². The zero-order valence-electron chi connectivity index (χ0n) is 11.6. The molecule has 0 aromatic heterocycles. The highest BCUT2D eigenvalue weighted by Crippen LogP contribution is 2.39. The molecule has 9 heteroatoms. The third kappa shape index (κ3) is 3.13. The Labute approximate surface area is 127 Å². The van der Waals surface area contributed by atoms with Crippen LogP contribution in [0.4, 0.5) is 18.9 Å². The Kier molecular flexibility index (Phi) is 4.31. The number of para-hydroxylation sites is 1. The average Bonchev–Trinajstić information content (AvgIpc) is 2.45. The van der Waals surface area contributed by atoms with E-state index in [1.165, 1.54) is 0 Å². The number of halogens is 3. The van der Waals surface area contributed by atoms with E-state index in [9.17, 15) is 37.7 Å². The van der Waals surface area contributed by atoms with Crippen molar-refractivity contribution in [3.05, 3.63) is 39.4 Å². The van der Waals surface area contributed by atoms with Gasteiger partial charge in [-0.05, 0) is 18.6 Å². The first kappa shape index (κ1) is 16.8. The SMILES string of the molecule is O=C1CCCC(=O)C1C(=O)c1cccc(C(F)(F)F)c1[N+](=O)[O-]. The topological polar surface area (TPSA) is 94.3 Å². The molecule has 1 fully saturated rings. The molecule has 0 spiro atoms. The molecule has 23 heavy (non-hydrogen) atoms. The van der Waals surface area contributed by atoms with Crippen LogP contribution < -0.4 is 0 Å². The number of rotatable bonds is 3. The summed E-state index contributed by atoms with van der Waals surface area (Å²) in [4.78, 5) is 45.5. The molecule has 1 aliphatic rings. The molecule has 0 radical (unpaired) electrons. The average molecular weight is 329 g/mol. The minimum atomic E-state index is -5.04. The molecule has 1 saturated carbocycles. The van der Waals surface area contributed by atoms with Gasteiger partial charge in [0.05, 0.1) is 10.5 Å². The summed E-state index contributed by atoms with van der Waals surface area (Å²) in [5.41, 5.74) is -3.90. The summed E-state index contributed by atoms with van der Waals surface area (Å²) < 4.78 is 38.7. The van der Waals surface area contributed by atoms with Crippen molar-refractivity contribution in [3.63, 3.8) is 0 Å². The highest BCUT2D eigenvalue weighted by Gasteiger charge is 2.44. The molecular formula is C14H10F3NO5. The van der Waals surface area contributed by atoms with E-state index in [-0.39, 0.29) is 19.3 Å². The van der Waals surface area contributed by atoms with Crippen molar-refractivity contribution in [2.45, 2.75) is 25.4 Å². The Balaban J connectivity index is 2.59. The van der Waals surface area contributed by atoms with Gasteiger partial charge in [-0.1, -0.05) is 6.07 Å². The number of Topliss-reactive ketones (excluding diaryl/α,β-unsaturated/α-hetero) is 3. The van der Waals surface area contributed by atoms with E-state index in [1.54, 1.807) is 0 Å². The molecule has 0 atom stereocenters. The maximum Gasteiger partial charge on any atom is 0.423 e. The number of carbonyl (C=O) groups is 3. The van der Waals surface area contributed by atoms with Gasteiger partial charge in [0.1, 0.15) is 11.5 Å². The third-order valence-corrected chi connectivity index (χ3v) is 3.54. The van der Waals surface area contributed by atoms with Crippen LogP contribution in [-0.2, 0) is 15.8 Å². The van der Waals surface area contributed by atoms with Crippen molar-refractivity contribution in [2.75, 3.05) is 0 Å². The molecule has 2 rings (SSSR count). The largest absolute Gasteiger partial charge is 0.423 e. The van der Waals surface area contributed by atoms with Crippen LogP contribution in [-0.4, -0.2) is 22.3 Å². The number of carbonyl (C=O) groups excluding carboxylic acids is 3. The Morgan fingerprint density at radius 2 is 1.74 bits per heavy atom. The summed E-state index contributed by atoms with van der Waals surface area (Å²) in [5, 5.41) is 11.0. The Hall–Kier alpha value is -2.58. The van der Waals surface area contributed by atoms with Gasteiger partial charge in [-0.2, -0.15) is 13.2 Å². The zero-order valence-corrected chi connectivity index (χ0v) is 11.6. The Bertz CT molecular complexity index is 695. The molecule has 0 heterocycles. The third-order valence-electron chi connectivity index (χ3n) is 3.54. The van der Waals surface area contributed by atoms with Gasteiger partial charge in [-0.3, -0.25) is 24.5 Å². The van der Waals surface area contributed by atoms with Crippen molar-refractivity contribution in [2.24, 2.45) is 5.92 Å². The van der Waals surface area contributed by atoms with Gasteiger partial charge in [0, 0.05) is 12.8 Å². The van der Waals surface area contributed by atoms with Gasteiger partial charge < -0.3 is 0 Å². The molecular weight excluding hydrogens is 319 g/mol. The number of nitro groups is 1. The van der Waals surface area contributed by atoms with Gasteiger partial charge in [0.2, 0.25) is 0 Å². The zero-order chi connectivity index (χ0) is 17.4. The number of nitro benzene ring substituents is 1. The van der Waals surface area contributed by atoms with E-state index >= 15 is 0 Å². The molecule has 0 aliphatic heterocycles. The lowest BCUT2D eigenvalue weighted by Gasteiger charge is -2.18. The van der Waals surface area contributed by atoms with E-state index in [2.05, 4.69) is 0 Å². The van der Waals surface area contributed by atoms with Crippen molar-refractivity contribution >= 4 is 23.0 Å². The molecule has 0 saturated heterocycles. The number of hydrogen-bond acceptors (Lipinski definition) is 5. The summed E-state index contributed by atoms with van der Waals surface area (Å²) in [5.74, 6) is -4.46. The van der Waals surface area contributed by atoms with Gasteiger partial charge in [0.15, 0.2) is 17.3 Å². The predicted octanol–water partition coefficient (Wildman–Crippen LogP) is 2.73. The second-order valence-corrected chi connectivity index (χ2v) is 5.04. The summed E-state index contributed by atoms with van der Waals surface area (Å²) >= 11 is 0. The highest BCUT2D eigenvalue weighted by molar-refractivity contribution is 6.26. The summed E-state index contributed by atoms with van der Waals surface area (Å²) in [6, 6.07) is 2.13. The number of ketones is 3. The van der Waals surface area contributed by atoms with E-state index in [4.69, 9.17) is 0 Å². The van der Waals surface area contributed by atoms with E-state index in [0.717, 1.165) is 12.1 Å². The maximum atomic E-state index is 12.9. The predicted molar refractivity (Wildman–Crippen MR) is 69.8 cm³/mol. The number of alkyl halides is 3. The lowest BCUT2D eigenvalue weighted by atomic mass is 9.81. The normalized spacial score (nSPS) is 16.5. The first-order chi connectivity index (χ1) is 10.6. The molecule has 1 aromatic carbocycles. The second kappa shape index (κ2) is 5.90. The molecule has 0 N–H and O–H groups in total. The fraction of sp³-hybridized carbons (Fsp3) is 0.357. The lowest BCUT2D eigenvalue weighted by molar-refractivity contribution is -0.388. The molecule has 6 nitrogen and oxygen atoms in total. The van der Waals surface area contributed by atoms with Gasteiger partial charge in [-0.15, -0.1) is 0 Å². The fourth-order valence-corrected chi connectivity index (χ4v) is 2.52.